The second-order valence-corrected chi connectivity index (χ2v) is 5.94. The van der Waals surface area contributed by atoms with Crippen LogP contribution in [0, 0.1) is 6.92 Å². The molecular formula is C19H21F2NO3. The minimum Gasteiger partial charge on any atom is -0.477 e. The molecule has 6 heteroatoms. The molecule has 4 nitrogen and oxygen atoms in total. The van der Waals surface area contributed by atoms with Crippen LogP contribution in [0.15, 0.2) is 35.3 Å². The molecule has 0 unspecified atom stereocenters. The van der Waals surface area contributed by atoms with Crippen molar-refractivity contribution in [2.45, 2.75) is 46.1 Å². The Balaban J connectivity index is 2.82. The number of benzene rings is 1. The zero-order chi connectivity index (χ0) is 18.7. The van der Waals surface area contributed by atoms with Gasteiger partial charge in [0.15, 0.2) is 0 Å². The Bertz CT molecular complexity index is 839. The van der Waals surface area contributed by atoms with E-state index in [0.717, 1.165) is 12.8 Å². The Morgan fingerprint density at radius 2 is 1.88 bits per heavy atom. The fourth-order valence-electron chi connectivity index (χ4n) is 3.11. The predicted octanol–water partition coefficient (Wildman–Crippen LogP) is 4.82. The molecule has 0 radical (unpaired) electrons. The zero-order valence-electron chi connectivity index (χ0n) is 14.4. The molecule has 0 fully saturated rings. The van der Waals surface area contributed by atoms with Gasteiger partial charge in [0.25, 0.3) is 6.43 Å². The van der Waals surface area contributed by atoms with Crippen LogP contribution in [0.1, 0.15) is 60.8 Å². The van der Waals surface area contributed by atoms with E-state index < -0.39 is 17.8 Å². The number of alkyl halides is 2. The van der Waals surface area contributed by atoms with Crippen LogP contribution in [0.25, 0.3) is 11.1 Å². The molecule has 0 aliphatic heterocycles. The molecule has 0 spiro atoms. The van der Waals surface area contributed by atoms with Crippen molar-refractivity contribution < 1.29 is 18.7 Å². The fraction of sp³-hybridized carbons (Fsp3) is 0.368. The van der Waals surface area contributed by atoms with Crippen LogP contribution in [0.2, 0.25) is 0 Å². The third-order valence-electron chi connectivity index (χ3n) is 4.48. The van der Waals surface area contributed by atoms with Gasteiger partial charge in [-0.05, 0) is 31.4 Å². The molecule has 0 bridgehead atoms. The smallest absolute Gasteiger partial charge is 0.341 e. The number of hydrogen-bond donors (Lipinski definition) is 1. The summed E-state index contributed by atoms with van der Waals surface area (Å²) in [6, 6.07) is 5.56. The second-order valence-electron chi connectivity index (χ2n) is 5.94. The summed E-state index contributed by atoms with van der Waals surface area (Å²) >= 11 is 0. The number of carbonyl (C=O) groups is 1. The summed E-state index contributed by atoms with van der Waals surface area (Å²) in [5.74, 6) is -1.32. The maximum Gasteiger partial charge on any atom is 0.341 e. The van der Waals surface area contributed by atoms with Gasteiger partial charge in [-0.1, -0.05) is 32.0 Å². The molecule has 1 N–H and O–H groups in total. The number of hydrogen-bond acceptors (Lipinski definition) is 2. The maximum atomic E-state index is 13.0. The number of aromatic carboxylic acids is 1. The van der Waals surface area contributed by atoms with Gasteiger partial charge in [0.05, 0.1) is 0 Å². The fourth-order valence-corrected chi connectivity index (χ4v) is 3.11. The van der Waals surface area contributed by atoms with Gasteiger partial charge in [0, 0.05) is 29.1 Å². The summed E-state index contributed by atoms with van der Waals surface area (Å²) in [7, 11) is 0. The largest absolute Gasteiger partial charge is 0.477 e. The van der Waals surface area contributed by atoms with Gasteiger partial charge in [-0.25, -0.2) is 13.6 Å². The molecule has 0 amide bonds. The Morgan fingerprint density at radius 1 is 1.24 bits per heavy atom. The van der Waals surface area contributed by atoms with Crippen molar-refractivity contribution in [2.24, 2.45) is 0 Å². The summed E-state index contributed by atoms with van der Waals surface area (Å²) in [5.41, 5.74) is -0.160. The summed E-state index contributed by atoms with van der Waals surface area (Å²) in [4.78, 5) is 24.2. The molecule has 1 heterocycles. The van der Waals surface area contributed by atoms with E-state index in [9.17, 15) is 23.5 Å². The van der Waals surface area contributed by atoms with Gasteiger partial charge in [-0.15, -0.1) is 0 Å². The quantitative estimate of drug-likeness (QED) is 0.813. The van der Waals surface area contributed by atoms with Crippen LogP contribution in [0.5, 0.6) is 0 Å². The van der Waals surface area contributed by atoms with Crippen molar-refractivity contribution in [3.8, 4) is 11.1 Å². The average molecular weight is 349 g/mol. The summed E-state index contributed by atoms with van der Waals surface area (Å²) in [6.45, 7) is 5.67. The third kappa shape index (κ3) is 3.62. The number of carboxylic acid groups (broad SMARTS) is 1. The van der Waals surface area contributed by atoms with Crippen molar-refractivity contribution >= 4 is 5.97 Å². The molecule has 1 aromatic carbocycles. The topological polar surface area (TPSA) is 59.3 Å². The SMILES string of the molecule is CCC(CC)n1cc(C(=O)O)c(=O)c(-c2cccc(C(F)F)c2)c1C. The Labute approximate surface area is 144 Å². The number of pyridine rings is 1. The first-order valence-electron chi connectivity index (χ1n) is 8.19. The molecule has 0 atom stereocenters. The summed E-state index contributed by atoms with van der Waals surface area (Å²) in [5, 5.41) is 9.39. The number of rotatable bonds is 6. The standard InChI is InChI=1S/C19H21F2NO3/c1-4-14(5-2)22-10-15(19(24)25)17(23)16(11(22)3)12-7-6-8-13(9-12)18(20)21/h6-10,14,18H,4-5H2,1-3H3,(H,24,25). The van der Waals surface area contributed by atoms with Crippen molar-refractivity contribution in [3.05, 3.63) is 57.5 Å². The molecule has 0 saturated carbocycles. The lowest BCUT2D eigenvalue weighted by atomic mass is 9.98. The average Bonchev–Trinajstić information content (AvgIpc) is 2.57. The molecule has 2 aromatic rings. The lowest BCUT2D eigenvalue weighted by Crippen LogP contribution is -2.24. The van der Waals surface area contributed by atoms with E-state index in [0.29, 0.717) is 11.3 Å². The summed E-state index contributed by atoms with van der Waals surface area (Å²) < 4.78 is 27.8. The van der Waals surface area contributed by atoms with Gasteiger partial charge in [-0.2, -0.15) is 0 Å². The minimum absolute atomic E-state index is 0.0238. The van der Waals surface area contributed by atoms with E-state index in [-0.39, 0.29) is 22.7 Å². The van der Waals surface area contributed by atoms with E-state index in [1.165, 1.54) is 24.4 Å². The Hall–Kier alpha value is -2.50. The molecule has 134 valence electrons. The van der Waals surface area contributed by atoms with Gasteiger partial charge in [-0.3, -0.25) is 4.79 Å². The first-order valence-corrected chi connectivity index (χ1v) is 8.19. The first-order chi connectivity index (χ1) is 11.8. The van der Waals surface area contributed by atoms with E-state index in [1.54, 1.807) is 17.6 Å². The predicted molar refractivity (Wildman–Crippen MR) is 92.4 cm³/mol. The summed E-state index contributed by atoms with van der Waals surface area (Å²) in [6.07, 6.45) is 0.216. The van der Waals surface area contributed by atoms with E-state index in [1.807, 2.05) is 13.8 Å². The molecule has 2 rings (SSSR count). The third-order valence-corrected chi connectivity index (χ3v) is 4.48. The van der Waals surface area contributed by atoms with Crippen LogP contribution in [-0.4, -0.2) is 15.6 Å². The molecule has 1 aromatic heterocycles. The Morgan fingerprint density at radius 3 is 2.40 bits per heavy atom. The molecule has 0 aliphatic rings. The number of carboxylic acids is 1. The van der Waals surface area contributed by atoms with Crippen LogP contribution in [-0.2, 0) is 0 Å². The van der Waals surface area contributed by atoms with E-state index in [2.05, 4.69) is 0 Å². The van der Waals surface area contributed by atoms with Gasteiger partial charge in [0.1, 0.15) is 5.56 Å². The highest BCUT2D eigenvalue weighted by atomic mass is 19.3. The number of aromatic nitrogens is 1. The number of nitrogens with zero attached hydrogens (tertiary/aromatic N) is 1. The van der Waals surface area contributed by atoms with E-state index in [4.69, 9.17) is 0 Å². The van der Waals surface area contributed by atoms with E-state index >= 15 is 0 Å². The molecular weight excluding hydrogens is 328 g/mol. The van der Waals surface area contributed by atoms with Crippen molar-refractivity contribution in [2.75, 3.05) is 0 Å². The number of halogens is 2. The van der Waals surface area contributed by atoms with Crippen LogP contribution in [0.3, 0.4) is 0 Å². The lowest BCUT2D eigenvalue weighted by Gasteiger charge is -2.23. The van der Waals surface area contributed by atoms with Gasteiger partial charge >= 0.3 is 5.97 Å². The highest BCUT2D eigenvalue weighted by molar-refractivity contribution is 5.89. The normalized spacial score (nSPS) is 11.3. The Kier molecular flexibility index (Phi) is 5.72. The maximum absolute atomic E-state index is 13.0. The van der Waals surface area contributed by atoms with Gasteiger partial charge < -0.3 is 9.67 Å². The van der Waals surface area contributed by atoms with Crippen molar-refractivity contribution in [3.63, 3.8) is 0 Å². The molecule has 25 heavy (non-hydrogen) atoms. The van der Waals surface area contributed by atoms with Crippen molar-refractivity contribution in [1.29, 1.82) is 0 Å². The van der Waals surface area contributed by atoms with Crippen LogP contribution < -0.4 is 5.43 Å². The van der Waals surface area contributed by atoms with Gasteiger partial charge in [0.2, 0.25) is 5.43 Å². The highest BCUT2D eigenvalue weighted by Gasteiger charge is 2.21. The molecule has 0 saturated heterocycles. The lowest BCUT2D eigenvalue weighted by molar-refractivity contribution is 0.0694. The van der Waals surface area contributed by atoms with Crippen LogP contribution in [0.4, 0.5) is 8.78 Å². The minimum atomic E-state index is -2.66. The highest BCUT2D eigenvalue weighted by Crippen LogP contribution is 2.28. The first kappa shape index (κ1) is 18.8. The zero-order valence-corrected chi connectivity index (χ0v) is 14.4. The van der Waals surface area contributed by atoms with Crippen molar-refractivity contribution in [1.82, 2.24) is 4.57 Å². The monoisotopic (exact) mass is 349 g/mol. The molecule has 0 aliphatic carbocycles. The second kappa shape index (κ2) is 7.59. The van der Waals surface area contributed by atoms with Crippen LogP contribution >= 0.6 is 0 Å².